The molecule has 5 rings (SSSR count). The van der Waals surface area contributed by atoms with Crippen molar-refractivity contribution in [2.75, 3.05) is 5.75 Å². The number of hydrogen-bond donors (Lipinski definition) is 3. The molecule has 0 saturated heterocycles. The van der Waals surface area contributed by atoms with Gasteiger partial charge in [-0.2, -0.15) is 15.0 Å². The average molecular weight is 557 g/mol. The molecule has 0 radical (unpaired) electrons. The van der Waals surface area contributed by atoms with Crippen LogP contribution in [0.4, 0.5) is 0 Å². The molecule has 0 bridgehead atoms. The molecular weight excluding hydrogens is 524 g/mol. The van der Waals surface area contributed by atoms with E-state index in [0.29, 0.717) is 11.0 Å². The lowest BCUT2D eigenvalue weighted by Crippen LogP contribution is -2.34. The van der Waals surface area contributed by atoms with Crippen LogP contribution in [0, 0.1) is 0 Å². The van der Waals surface area contributed by atoms with Crippen molar-refractivity contribution in [1.29, 1.82) is 0 Å². The fourth-order valence-electron chi connectivity index (χ4n) is 4.22. The van der Waals surface area contributed by atoms with Gasteiger partial charge in [0.15, 0.2) is 11.0 Å². The van der Waals surface area contributed by atoms with Gasteiger partial charge in [0.05, 0.1) is 18.0 Å². The second-order valence-electron chi connectivity index (χ2n) is 10.5. The van der Waals surface area contributed by atoms with Gasteiger partial charge in [0, 0.05) is 17.0 Å². The highest BCUT2D eigenvalue weighted by molar-refractivity contribution is 7.99. The zero-order chi connectivity index (χ0) is 28.3. The second kappa shape index (κ2) is 11.7. The predicted molar refractivity (Wildman–Crippen MR) is 155 cm³/mol. The summed E-state index contributed by atoms with van der Waals surface area (Å²) in [5, 5.41) is 50.1. The van der Waals surface area contributed by atoms with Crippen molar-refractivity contribution in [2.24, 2.45) is 0 Å². The first-order valence-electron chi connectivity index (χ1n) is 13.0. The van der Waals surface area contributed by atoms with E-state index < -0.39 is 18.3 Å². The SMILES string of the molecule is CC(C)(C)c1ccc(-c2nnc(SC[C@H](O)[C@H](O)[C@@H](O)c3cnn(-c4ccccc4)n3)n2-c2ccccc2)cc1. The molecular formula is C30H32N6O3S. The first-order valence-corrected chi connectivity index (χ1v) is 14.0. The Morgan fingerprint density at radius 1 is 0.800 bits per heavy atom. The third-order valence-corrected chi connectivity index (χ3v) is 7.59. The third kappa shape index (κ3) is 6.00. The van der Waals surface area contributed by atoms with E-state index >= 15 is 0 Å². The molecule has 10 heteroatoms. The summed E-state index contributed by atoms with van der Waals surface area (Å²) in [7, 11) is 0. The Labute approximate surface area is 237 Å². The Balaban J connectivity index is 1.33. The van der Waals surface area contributed by atoms with Gasteiger partial charge < -0.3 is 15.3 Å². The van der Waals surface area contributed by atoms with Crippen LogP contribution in [0.15, 0.2) is 96.3 Å². The van der Waals surface area contributed by atoms with E-state index in [0.717, 1.165) is 16.9 Å². The Hall–Kier alpha value is -3.83. The van der Waals surface area contributed by atoms with E-state index in [-0.39, 0.29) is 16.9 Å². The average Bonchev–Trinajstić information content (AvgIpc) is 3.64. The van der Waals surface area contributed by atoms with Crippen molar-refractivity contribution in [3.8, 4) is 22.8 Å². The molecule has 0 fully saturated rings. The van der Waals surface area contributed by atoms with E-state index in [9.17, 15) is 15.3 Å². The van der Waals surface area contributed by atoms with Crippen LogP contribution in [0.1, 0.15) is 38.1 Å². The van der Waals surface area contributed by atoms with Crippen LogP contribution in [-0.4, -0.2) is 63.0 Å². The minimum Gasteiger partial charge on any atom is -0.389 e. The molecule has 0 spiro atoms. The molecule has 206 valence electrons. The van der Waals surface area contributed by atoms with Crippen LogP contribution >= 0.6 is 11.8 Å². The van der Waals surface area contributed by atoms with E-state index in [1.54, 1.807) is 0 Å². The van der Waals surface area contributed by atoms with Crippen molar-refractivity contribution >= 4 is 11.8 Å². The molecule has 3 aromatic carbocycles. The molecule has 0 amide bonds. The monoisotopic (exact) mass is 556 g/mol. The number of aliphatic hydroxyl groups is 3. The molecule has 40 heavy (non-hydrogen) atoms. The van der Waals surface area contributed by atoms with Crippen LogP contribution in [0.3, 0.4) is 0 Å². The number of benzene rings is 3. The smallest absolute Gasteiger partial charge is 0.196 e. The minimum absolute atomic E-state index is 0.0317. The Morgan fingerprint density at radius 3 is 2.05 bits per heavy atom. The number of aliphatic hydroxyl groups excluding tert-OH is 3. The lowest BCUT2D eigenvalue weighted by molar-refractivity contribution is -0.0531. The van der Waals surface area contributed by atoms with Crippen molar-refractivity contribution in [1.82, 2.24) is 29.8 Å². The van der Waals surface area contributed by atoms with E-state index in [1.165, 1.54) is 28.3 Å². The summed E-state index contributed by atoms with van der Waals surface area (Å²) in [6.45, 7) is 6.52. The molecule has 3 N–H and O–H groups in total. The van der Waals surface area contributed by atoms with Crippen LogP contribution < -0.4 is 0 Å². The lowest BCUT2D eigenvalue weighted by atomic mass is 9.87. The second-order valence-corrected chi connectivity index (χ2v) is 11.5. The maximum absolute atomic E-state index is 10.8. The lowest BCUT2D eigenvalue weighted by Gasteiger charge is -2.21. The van der Waals surface area contributed by atoms with Crippen LogP contribution in [0.25, 0.3) is 22.8 Å². The highest BCUT2D eigenvalue weighted by Crippen LogP contribution is 2.31. The first kappa shape index (κ1) is 27.7. The molecule has 2 aromatic heterocycles. The Morgan fingerprint density at radius 2 is 1.43 bits per heavy atom. The van der Waals surface area contributed by atoms with Crippen LogP contribution in [0.5, 0.6) is 0 Å². The summed E-state index contributed by atoms with van der Waals surface area (Å²) in [5.74, 6) is 0.737. The molecule has 0 aliphatic rings. The predicted octanol–water partition coefficient (Wildman–Crippen LogP) is 4.36. The molecule has 2 heterocycles. The van der Waals surface area contributed by atoms with Gasteiger partial charge in [-0.3, -0.25) is 4.57 Å². The third-order valence-electron chi connectivity index (χ3n) is 6.56. The summed E-state index contributed by atoms with van der Waals surface area (Å²) >= 11 is 1.24. The quantitative estimate of drug-likeness (QED) is 0.229. The maximum Gasteiger partial charge on any atom is 0.196 e. The van der Waals surface area contributed by atoms with Gasteiger partial charge in [-0.25, -0.2) is 0 Å². The number of hydrogen-bond acceptors (Lipinski definition) is 8. The zero-order valence-electron chi connectivity index (χ0n) is 22.5. The Kier molecular flexibility index (Phi) is 8.13. The van der Waals surface area contributed by atoms with Gasteiger partial charge >= 0.3 is 0 Å². The number of para-hydroxylation sites is 2. The molecule has 5 aromatic rings. The van der Waals surface area contributed by atoms with Crippen LogP contribution in [-0.2, 0) is 5.41 Å². The summed E-state index contributed by atoms with van der Waals surface area (Å²) in [6.07, 6.45) is -2.79. The molecule has 0 saturated carbocycles. The van der Waals surface area contributed by atoms with Gasteiger partial charge in [0.2, 0.25) is 0 Å². The van der Waals surface area contributed by atoms with Crippen molar-refractivity contribution < 1.29 is 15.3 Å². The largest absolute Gasteiger partial charge is 0.389 e. The molecule has 0 unspecified atom stereocenters. The highest BCUT2D eigenvalue weighted by Gasteiger charge is 2.29. The normalized spacial score (nSPS) is 14.2. The van der Waals surface area contributed by atoms with Crippen molar-refractivity contribution in [3.05, 3.63) is 102 Å². The van der Waals surface area contributed by atoms with Gasteiger partial charge in [-0.15, -0.1) is 10.2 Å². The molecule has 0 aliphatic carbocycles. The summed E-state index contributed by atoms with van der Waals surface area (Å²) in [5.41, 5.74) is 3.91. The standard InChI is InChI=1S/C30H32N6O3S/c1-30(2,3)21-16-14-20(15-17-21)28-32-33-29(35(28)22-10-6-4-7-11-22)40-19-25(37)27(39)26(38)24-18-31-36(34-24)23-12-8-5-9-13-23/h4-18,25-27,37-39H,19H2,1-3H3/t25-,26-,27-/m0/s1. The number of aromatic nitrogens is 6. The molecule has 3 atom stereocenters. The number of nitrogens with zero attached hydrogens (tertiary/aromatic N) is 6. The maximum atomic E-state index is 10.8. The number of rotatable bonds is 9. The highest BCUT2D eigenvalue weighted by atomic mass is 32.2. The topological polar surface area (TPSA) is 122 Å². The fourth-order valence-corrected chi connectivity index (χ4v) is 5.16. The summed E-state index contributed by atoms with van der Waals surface area (Å²) < 4.78 is 1.93. The number of thioether (sulfide) groups is 1. The van der Waals surface area contributed by atoms with E-state index in [1.807, 2.05) is 77.4 Å². The van der Waals surface area contributed by atoms with Gasteiger partial charge in [0.25, 0.3) is 0 Å². The Bertz CT molecular complexity index is 1530. The fraction of sp³-hybridized carbons (Fsp3) is 0.267. The van der Waals surface area contributed by atoms with Crippen molar-refractivity contribution in [2.45, 2.75) is 49.7 Å². The molecule has 0 aliphatic heterocycles. The first-order chi connectivity index (χ1) is 19.2. The van der Waals surface area contributed by atoms with Gasteiger partial charge in [-0.1, -0.05) is 93.2 Å². The van der Waals surface area contributed by atoms with Gasteiger partial charge in [0.1, 0.15) is 17.9 Å². The van der Waals surface area contributed by atoms with E-state index in [4.69, 9.17) is 0 Å². The van der Waals surface area contributed by atoms with Crippen LogP contribution in [0.2, 0.25) is 0 Å². The summed E-state index contributed by atoms with van der Waals surface area (Å²) in [6, 6.07) is 27.3. The van der Waals surface area contributed by atoms with Gasteiger partial charge in [-0.05, 0) is 35.2 Å². The summed E-state index contributed by atoms with van der Waals surface area (Å²) in [4.78, 5) is 1.37. The molecule has 9 nitrogen and oxygen atoms in total. The van der Waals surface area contributed by atoms with E-state index in [2.05, 4.69) is 53.3 Å². The minimum atomic E-state index is -1.48. The zero-order valence-corrected chi connectivity index (χ0v) is 23.3. The van der Waals surface area contributed by atoms with Crippen molar-refractivity contribution in [3.63, 3.8) is 0 Å².